The van der Waals surface area contributed by atoms with E-state index in [9.17, 15) is 14.3 Å². The molecular formula is C15H20FNO2. The third-order valence-corrected chi connectivity index (χ3v) is 3.66. The van der Waals surface area contributed by atoms with Crippen molar-refractivity contribution in [2.45, 2.75) is 32.8 Å². The lowest BCUT2D eigenvalue weighted by molar-refractivity contribution is 0.0645. The Hall–Kier alpha value is -1.42. The van der Waals surface area contributed by atoms with Crippen molar-refractivity contribution in [1.29, 1.82) is 0 Å². The van der Waals surface area contributed by atoms with Crippen LogP contribution in [-0.4, -0.2) is 35.6 Å². The highest BCUT2D eigenvalue weighted by atomic mass is 19.1. The van der Waals surface area contributed by atoms with Gasteiger partial charge < -0.3 is 10.0 Å². The Morgan fingerprint density at radius 3 is 2.42 bits per heavy atom. The van der Waals surface area contributed by atoms with Crippen molar-refractivity contribution in [2.24, 2.45) is 5.92 Å². The van der Waals surface area contributed by atoms with Crippen LogP contribution in [0.3, 0.4) is 0 Å². The second-order valence-corrected chi connectivity index (χ2v) is 5.51. The third kappa shape index (κ3) is 3.13. The Balaban J connectivity index is 2.09. The Morgan fingerprint density at radius 2 is 1.95 bits per heavy atom. The highest BCUT2D eigenvalue weighted by Crippen LogP contribution is 2.32. The topological polar surface area (TPSA) is 40.5 Å². The van der Waals surface area contributed by atoms with Crippen molar-refractivity contribution in [1.82, 2.24) is 4.90 Å². The molecule has 104 valence electrons. The summed E-state index contributed by atoms with van der Waals surface area (Å²) < 4.78 is 13.5. The largest absolute Gasteiger partial charge is 0.391 e. The van der Waals surface area contributed by atoms with E-state index in [1.165, 1.54) is 4.90 Å². The number of amides is 1. The Bertz CT molecular complexity index is 474. The molecule has 0 saturated heterocycles. The van der Waals surface area contributed by atoms with E-state index in [1.54, 1.807) is 33.0 Å². The average molecular weight is 265 g/mol. The van der Waals surface area contributed by atoms with Crippen LogP contribution in [0.15, 0.2) is 12.1 Å². The number of hydrogen-bond donors (Lipinski definition) is 1. The summed E-state index contributed by atoms with van der Waals surface area (Å²) in [5, 5.41) is 9.85. The lowest BCUT2D eigenvalue weighted by Gasteiger charge is -2.21. The van der Waals surface area contributed by atoms with E-state index in [0.29, 0.717) is 29.2 Å². The second-order valence-electron chi connectivity index (χ2n) is 5.51. The van der Waals surface area contributed by atoms with Gasteiger partial charge in [0.15, 0.2) is 0 Å². The maximum Gasteiger partial charge on any atom is 0.253 e. The molecular weight excluding hydrogens is 245 g/mol. The van der Waals surface area contributed by atoms with Gasteiger partial charge in [0.25, 0.3) is 5.91 Å². The lowest BCUT2D eigenvalue weighted by Crippen LogP contribution is -2.35. The van der Waals surface area contributed by atoms with Crippen LogP contribution in [0.25, 0.3) is 0 Å². The minimum absolute atomic E-state index is 0.175. The first-order chi connectivity index (χ1) is 8.90. The minimum Gasteiger partial charge on any atom is -0.391 e. The smallest absolute Gasteiger partial charge is 0.253 e. The van der Waals surface area contributed by atoms with E-state index in [4.69, 9.17) is 0 Å². The van der Waals surface area contributed by atoms with Gasteiger partial charge in [-0.1, -0.05) is 0 Å². The number of hydrogen-bond acceptors (Lipinski definition) is 2. The summed E-state index contributed by atoms with van der Waals surface area (Å²) in [7, 11) is 1.67. The molecule has 1 fully saturated rings. The zero-order chi connectivity index (χ0) is 14.2. The van der Waals surface area contributed by atoms with E-state index in [2.05, 4.69) is 0 Å². The minimum atomic E-state index is -0.448. The van der Waals surface area contributed by atoms with Gasteiger partial charge in [0.05, 0.1) is 6.10 Å². The van der Waals surface area contributed by atoms with Crippen LogP contribution >= 0.6 is 0 Å². The fraction of sp³-hybridized carbons (Fsp3) is 0.533. The number of rotatable bonds is 4. The molecule has 0 bridgehead atoms. The molecule has 1 amide bonds. The van der Waals surface area contributed by atoms with Gasteiger partial charge >= 0.3 is 0 Å². The Labute approximate surface area is 113 Å². The number of benzene rings is 1. The second kappa shape index (κ2) is 5.29. The van der Waals surface area contributed by atoms with Crippen molar-refractivity contribution >= 4 is 5.91 Å². The van der Waals surface area contributed by atoms with Crippen LogP contribution in [0.1, 0.15) is 34.3 Å². The average Bonchev–Trinajstić information content (AvgIpc) is 3.18. The first-order valence-corrected chi connectivity index (χ1v) is 6.60. The zero-order valence-electron chi connectivity index (χ0n) is 11.6. The lowest BCUT2D eigenvalue weighted by atomic mass is 10.1. The Morgan fingerprint density at radius 1 is 1.42 bits per heavy atom. The number of likely N-dealkylation sites (N-methyl/N-ethyl adjacent to an activating group) is 1. The van der Waals surface area contributed by atoms with Gasteiger partial charge in [0, 0.05) is 19.2 Å². The van der Waals surface area contributed by atoms with Crippen LogP contribution in [0.5, 0.6) is 0 Å². The van der Waals surface area contributed by atoms with Crippen molar-refractivity contribution < 1.29 is 14.3 Å². The quantitative estimate of drug-likeness (QED) is 0.907. The fourth-order valence-electron chi connectivity index (χ4n) is 2.28. The van der Waals surface area contributed by atoms with E-state index < -0.39 is 6.10 Å². The van der Waals surface area contributed by atoms with Crippen LogP contribution in [0.4, 0.5) is 4.39 Å². The van der Waals surface area contributed by atoms with Gasteiger partial charge in [-0.05, 0) is 55.9 Å². The van der Waals surface area contributed by atoms with Crippen LogP contribution in [0.2, 0.25) is 0 Å². The summed E-state index contributed by atoms with van der Waals surface area (Å²) in [6, 6.07) is 3.12. The summed E-state index contributed by atoms with van der Waals surface area (Å²) in [6.45, 7) is 3.63. The van der Waals surface area contributed by atoms with Gasteiger partial charge in [0.2, 0.25) is 0 Å². The van der Waals surface area contributed by atoms with Crippen molar-refractivity contribution in [2.75, 3.05) is 13.6 Å². The van der Waals surface area contributed by atoms with Crippen molar-refractivity contribution in [3.63, 3.8) is 0 Å². The zero-order valence-corrected chi connectivity index (χ0v) is 11.6. The van der Waals surface area contributed by atoms with Gasteiger partial charge in [-0.3, -0.25) is 4.79 Å². The molecule has 2 rings (SSSR count). The maximum atomic E-state index is 13.5. The Kier molecular flexibility index (Phi) is 3.90. The number of nitrogens with zero attached hydrogens (tertiary/aromatic N) is 1. The normalized spacial score (nSPS) is 16.3. The molecule has 0 spiro atoms. The molecule has 1 aliphatic carbocycles. The first-order valence-electron chi connectivity index (χ1n) is 6.60. The summed E-state index contributed by atoms with van der Waals surface area (Å²) in [5.74, 6) is -0.102. The number of aliphatic hydroxyl groups excluding tert-OH is 1. The molecule has 1 unspecified atom stereocenters. The molecule has 1 aromatic rings. The van der Waals surface area contributed by atoms with Gasteiger partial charge in [-0.15, -0.1) is 0 Å². The number of carbonyl (C=O) groups is 1. The molecule has 0 heterocycles. The number of halogens is 1. The molecule has 1 N–H and O–H groups in total. The molecule has 19 heavy (non-hydrogen) atoms. The van der Waals surface area contributed by atoms with Crippen LogP contribution in [-0.2, 0) is 0 Å². The van der Waals surface area contributed by atoms with E-state index in [1.807, 2.05) is 0 Å². The monoisotopic (exact) mass is 265 g/mol. The predicted octanol–water partition coefficient (Wildman–Crippen LogP) is 2.29. The molecule has 0 aromatic heterocycles. The van der Waals surface area contributed by atoms with Crippen molar-refractivity contribution in [3.8, 4) is 0 Å². The molecule has 1 atom stereocenters. The molecule has 0 radical (unpaired) electrons. The summed E-state index contributed by atoms with van der Waals surface area (Å²) in [6.07, 6.45) is 1.63. The SMILES string of the molecule is Cc1cc(C(=O)N(C)CC(O)C2CC2)cc(C)c1F. The number of aryl methyl sites for hydroxylation is 2. The standard InChI is InChI=1S/C15H20FNO2/c1-9-6-12(7-10(2)14(9)16)15(19)17(3)8-13(18)11-4-5-11/h6-7,11,13,18H,4-5,8H2,1-3H3. The molecule has 1 saturated carbocycles. The molecule has 0 aliphatic heterocycles. The number of aliphatic hydroxyl groups is 1. The predicted molar refractivity (Wildman–Crippen MR) is 71.6 cm³/mol. The molecule has 4 heteroatoms. The summed E-state index contributed by atoms with van der Waals surface area (Å²) in [5.41, 5.74) is 1.42. The van der Waals surface area contributed by atoms with Gasteiger partial charge in [-0.25, -0.2) is 4.39 Å². The molecule has 1 aromatic carbocycles. The summed E-state index contributed by atoms with van der Waals surface area (Å²) in [4.78, 5) is 13.7. The number of carbonyl (C=O) groups excluding carboxylic acids is 1. The highest BCUT2D eigenvalue weighted by Gasteiger charge is 2.31. The maximum absolute atomic E-state index is 13.5. The van der Waals surface area contributed by atoms with Crippen LogP contribution < -0.4 is 0 Å². The van der Waals surface area contributed by atoms with Crippen molar-refractivity contribution in [3.05, 3.63) is 34.6 Å². The third-order valence-electron chi connectivity index (χ3n) is 3.66. The highest BCUT2D eigenvalue weighted by molar-refractivity contribution is 5.94. The first kappa shape index (κ1) is 14.0. The van der Waals surface area contributed by atoms with Crippen LogP contribution in [0, 0.1) is 25.6 Å². The molecule has 1 aliphatic rings. The van der Waals surface area contributed by atoms with E-state index in [-0.39, 0.29) is 11.7 Å². The molecule has 3 nitrogen and oxygen atoms in total. The van der Waals surface area contributed by atoms with E-state index in [0.717, 1.165) is 12.8 Å². The van der Waals surface area contributed by atoms with Gasteiger partial charge in [0.1, 0.15) is 5.82 Å². The fourth-order valence-corrected chi connectivity index (χ4v) is 2.28. The van der Waals surface area contributed by atoms with E-state index >= 15 is 0 Å². The van der Waals surface area contributed by atoms with Gasteiger partial charge in [-0.2, -0.15) is 0 Å². The summed E-state index contributed by atoms with van der Waals surface area (Å²) >= 11 is 0.